The monoisotopic (exact) mass is 712 g/mol. The number of nitrogens with zero attached hydrogens (tertiary/aromatic N) is 2. The molecule has 0 aliphatic carbocycles. The number of fused-ring (bicyclic) bond motifs is 8. The Morgan fingerprint density at radius 3 is 1.70 bits per heavy atom. The third kappa shape index (κ3) is 5.26. The van der Waals surface area contributed by atoms with E-state index in [9.17, 15) is 0 Å². The number of aromatic nitrogens is 1. The summed E-state index contributed by atoms with van der Waals surface area (Å²) >= 11 is 0. The van der Waals surface area contributed by atoms with E-state index in [4.69, 9.17) is 0 Å². The van der Waals surface area contributed by atoms with Crippen LogP contribution in [0.15, 0.2) is 218 Å². The summed E-state index contributed by atoms with van der Waals surface area (Å²) in [5.41, 5.74) is 11.7. The lowest BCUT2D eigenvalue weighted by Crippen LogP contribution is -2.11. The van der Waals surface area contributed by atoms with Crippen molar-refractivity contribution in [3.8, 4) is 27.9 Å². The fourth-order valence-electron chi connectivity index (χ4n) is 8.72. The second-order valence-corrected chi connectivity index (χ2v) is 14.5. The van der Waals surface area contributed by atoms with Gasteiger partial charge in [-0.15, -0.1) is 0 Å². The van der Waals surface area contributed by atoms with E-state index in [1.807, 2.05) is 0 Å². The lowest BCUT2D eigenvalue weighted by Gasteiger charge is -2.28. The van der Waals surface area contributed by atoms with Crippen molar-refractivity contribution in [3.63, 3.8) is 0 Å². The second kappa shape index (κ2) is 13.2. The first kappa shape index (κ1) is 32.0. The first-order chi connectivity index (χ1) is 27.8. The van der Waals surface area contributed by atoms with Crippen molar-refractivity contribution in [2.75, 3.05) is 4.90 Å². The molecule has 0 unspecified atom stereocenters. The van der Waals surface area contributed by atoms with E-state index >= 15 is 0 Å². The molecule has 56 heavy (non-hydrogen) atoms. The Hall–Kier alpha value is -7.42. The van der Waals surface area contributed by atoms with E-state index in [0.29, 0.717) is 0 Å². The summed E-state index contributed by atoms with van der Waals surface area (Å²) < 4.78 is 2.40. The predicted molar refractivity (Wildman–Crippen MR) is 239 cm³/mol. The van der Waals surface area contributed by atoms with Crippen molar-refractivity contribution in [2.24, 2.45) is 0 Å². The fourth-order valence-corrected chi connectivity index (χ4v) is 8.72. The van der Waals surface area contributed by atoms with Crippen LogP contribution in [0.25, 0.3) is 82.1 Å². The van der Waals surface area contributed by atoms with Gasteiger partial charge in [-0.2, -0.15) is 0 Å². The molecule has 262 valence electrons. The van der Waals surface area contributed by atoms with E-state index in [1.54, 1.807) is 0 Å². The number of hydrogen-bond donors (Lipinski definition) is 0. The molecule has 2 nitrogen and oxygen atoms in total. The lowest BCUT2D eigenvalue weighted by atomic mass is 9.99. The van der Waals surface area contributed by atoms with Crippen LogP contribution in [0.3, 0.4) is 0 Å². The van der Waals surface area contributed by atoms with Crippen molar-refractivity contribution in [1.82, 2.24) is 4.57 Å². The first-order valence-electron chi connectivity index (χ1n) is 19.3. The van der Waals surface area contributed by atoms with Crippen LogP contribution in [0, 0.1) is 0 Å². The number of benzene rings is 10. The first-order valence-corrected chi connectivity index (χ1v) is 19.3. The van der Waals surface area contributed by atoms with E-state index in [2.05, 4.69) is 228 Å². The molecule has 10 aromatic carbocycles. The minimum Gasteiger partial charge on any atom is -0.310 e. The maximum atomic E-state index is 2.40. The highest BCUT2D eigenvalue weighted by atomic mass is 15.1. The molecule has 0 N–H and O–H groups in total. The van der Waals surface area contributed by atoms with Gasteiger partial charge in [-0.25, -0.2) is 0 Å². The zero-order valence-corrected chi connectivity index (χ0v) is 30.7. The van der Waals surface area contributed by atoms with Crippen molar-refractivity contribution < 1.29 is 0 Å². The number of para-hydroxylation sites is 2. The molecule has 11 rings (SSSR count). The van der Waals surface area contributed by atoms with Crippen molar-refractivity contribution in [3.05, 3.63) is 218 Å². The van der Waals surface area contributed by atoms with Gasteiger partial charge in [0.2, 0.25) is 0 Å². The molecule has 2 heteroatoms. The van der Waals surface area contributed by atoms with Gasteiger partial charge < -0.3 is 9.47 Å². The Morgan fingerprint density at radius 2 is 0.893 bits per heavy atom. The minimum absolute atomic E-state index is 1.10. The summed E-state index contributed by atoms with van der Waals surface area (Å²) in [6.07, 6.45) is 0. The molecular formula is C54H36N2. The summed E-state index contributed by atoms with van der Waals surface area (Å²) in [5.74, 6) is 0. The van der Waals surface area contributed by atoms with Gasteiger partial charge in [0.15, 0.2) is 0 Å². The van der Waals surface area contributed by atoms with Gasteiger partial charge in [0.1, 0.15) is 0 Å². The molecule has 0 amide bonds. The maximum Gasteiger partial charge on any atom is 0.0547 e. The third-order valence-electron chi connectivity index (χ3n) is 11.4. The number of anilines is 3. The second-order valence-electron chi connectivity index (χ2n) is 14.5. The van der Waals surface area contributed by atoms with Crippen LogP contribution < -0.4 is 4.90 Å². The molecule has 0 bridgehead atoms. The number of hydrogen-bond acceptors (Lipinski definition) is 1. The summed E-state index contributed by atoms with van der Waals surface area (Å²) in [6.45, 7) is 0. The molecule has 0 saturated heterocycles. The molecule has 0 fully saturated rings. The van der Waals surface area contributed by atoms with E-state index in [1.165, 1.54) is 76.4 Å². The highest BCUT2D eigenvalue weighted by Crippen LogP contribution is 2.43. The minimum atomic E-state index is 1.10. The standard InChI is InChI=1S/C54H36N2/c1-2-12-39(13-3-1)48-17-8-10-20-51(48)55(45-33-34-47-42(36-45)23-22-40-14-4-6-16-46(40)47)43-29-24-37(25-30-43)38-26-31-44(32-27-38)56-52-21-11-9-19-50(52)54-49-18-7-5-15-41(49)28-35-53(54)56/h1-36H. The molecule has 1 aromatic heterocycles. The Morgan fingerprint density at radius 1 is 0.321 bits per heavy atom. The van der Waals surface area contributed by atoms with Gasteiger partial charge in [0.05, 0.1) is 16.7 Å². The zero-order valence-electron chi connectivity index (χ0n) is 30.7. The SMILES string of the molecule is c1ccc(-c2ccccc2N(c2ccc(-c3ccc(-n4c5ccccc5c5c6ccccc6ccc54)cc3)cc2)c2ccc3c(ccc4ccccc43)c2)cc1. The van der Waals surface area contributed by atoms with Crippen LogP contribution in [-0.2, 0) is 0 Å². The lowest BCUT2D eigenvalue weighted by molar-refractivity contribution is 1.18. The van der Waals surface area contributed by atoms with Crippen LogP contribution >= 0.6 is 0 Å². The smallest absolute Gasteiger partial charge is 0.0547 e. The Balaban J connectivity index is 1.00. The van der Waals surface area contributed by atoms with Gasteiger partial charge in [-0.1, -0.05) is 164 Å². The average Bonchev–Trinajstić information content (AvgIpc) is 3.62. The average molecular weight is 713 g/mol. The fraction of sp³-hybridized carbons (Fsp3) is 0. The van der Waals surface area contributed by atoms with E-state index < -0.39 is 0 Å². The zero-order chi connectivity index (χ0) is 37.0. The van der Waals surface area contributed by atoms with Gasteiger partial charge in [-0.3, -0.25) is 0 Å². The molecular weight excluding hydrogens is 677 g/mol. The maximum absolute atomic E-state index is 2.40. The van der Waals surface area contributed by atoms with Crippen LogP contribution in [0.2, 0.25) is 0 Å². The Bertz CT molecular complexity index is 3230. The molecule has 0 spiro atoms. The molecule has 0 saturated carbocycles. The molecule has 0 aliphatic rings. The highest BCUT2D eigenvalue weighted by Gasteiger charge is 2.19. The van der Waals surface area contributed by atoms with Gasteiger partial charge >= 0.3 is 0 Å². The highest BCUT2D eigenvalue weighted by molar-refractivity contribution is 6.21. The normalized spacial score (nSPS) is 11.6. The quantitative estimate of drug-likeness (QED) is 0.156. The summed E-state index contributed by atoms with van der Waals surface area (Å²) in [5, 5.41) is 10.1. The van der Waals surface area contributed by atoms with Crippen LogP contribution in [0.4, 0.5) is 17.1 Å². The Kier molecular flexibility index (Phi) is 7.53. The largest absolute Gasteiger partial charge is 0.310 e. The molecule has 11 aromatic rings. The van der Waals surface area contributed by atoms with Crippen LogP contribution in [0.1, 0.15) is 0 Å². The molecule has 0 aliphatic heterocycles. The molecule has 1 heterocycles. The van der Waals surface area contributed by atoms with Crippen LogP contribution in [0.5, 0.6) is 0 Å². The molecule has 0 radical (unpaired) electrons. The van der Waals surface area contributed by atoms with Gasteiger partial charge in [0.25, 0.3) is 0 Å². The number of rotatable bonds is 6. The van der Waals surface area contributed by atoms with Crippen molar-refractivity contribution >= 4 is 71.2 Å². The van der Waals surface area contributed by atoms with Crippen LogP contribution in [-0.4, -0.2) is 4.57 Å². The van der Waals surface area contributed by atoms with Gasteiger partial charge in [-0.05, 0) is 104 Å². The third-order valence-corrected chi connectivity index (χ3v) is 11.4. The van der Waals surface area contributed by atoms with Crippen molar-refractivity contribution in [2.45, 2.75) is 0 Å². The van der Waals surface area contributed by atoms with E-state index in [-0.39, 0.29) is 0 Å². The topological polar surface area (TPSA) is 8.17 Å². The Labute approximate surface area is 325 Å². The summed E-state index contributed by atoms with van der Waals surface area (Å²) in [6, 6.07) is 79.4. The van der Waals surface area contributed by atoms with Gasteiger partial charge in [0, 0.05) is 33.4 Å². The summed E-state index contributed by atoms with van der Waals surface area (Å²) in [7, 11) is 0. The molecule has 0 atom stereocenters. The van der Waals surface area contributed by atoms with E-state index in [0.717, 1.165) is 22.7 Å². The predicted octanol–water partition coefficient (Wildman–Crippen LogP) is 15.0. The van der Waals surface area contributed by atoms with Crippen molar-refractivity contribution in [1.29, 1.82) is 0 Å². The summed E-state index contributed by atoms with van der Waals surface area (Å²) in [4.78, 5) is 2.40.